The van der Waals surface area contributed by atoms with Gasteiger partial charge in [-0.1, -0.05) is 0 Å². The normalized spacial score (nSPS) is 18.4. The van der Waals surface area contributed by atoms with Crippen LogP contribution in [0, 0.1) is 5.92 Å². The number of fused-ring (bicyclic) bond motifs is 1. The van der Waals surface area contributed by atoms with Gasteiger partial charge < -0.3 is 14.6 Å². The van der Waals surface area contributed by atoms with E-state index in [4.69, 9.17) is 4.74 Å². The maximum Gasteiger partial charge on any atom is 0.310 e. The zero-order chi connectivity index (χ0) is 15.5. The molecule has 1 fully saturated rings. The number of aromatic amines is 1. The zero-order valence-electron chi connectivity index (χ0n) is 12.5. The summed E-state index contributed by atoms with van der Waals surface area (Å²) < 4.78 is 5.07. The summed E-state index contributed by atoms with van der Waals surface area (Å²) in [5.41, 5.74) is 2.28. The Balaban J connectivity index is 1.74. The Kier molecular flexibility index (Phi) is 4.09. The number of hydrogen-bond acceptors (Lipinski definition) is 4. The second-order valence-electron chi connectivity index (χ2n) is 5.48. The Morgan fingerprint density at radius 2 is 2.32 bits per heavy atom. The van der Waals surface area contributed by atoms with Gasteiger partial charge in [-0.2, -0.15) is 0 Å². The number of rotatable bonds is 3. The van der Waals surface area contributed by atoms with E-state index in [0.29, 0.717) is 25.3 Å². The van der Waals surface area contributed by atoms with Crippen LogP contribution in [0.3, 0.4) is 0 Å². The molecule has 0 aliphatic carbocycles. The molecule has 1 atom stereocenters. The number of nitrogens with zero attached hydrogens (tertiary/aromatic N) is 2. The molecule has 0 spiro atoms. The third-order valence-electron chi connectivity index (χ3n) is 4.00. The van der Waals surface area contributed by atoms with Crippen LogP contribution in [-0.2, 0) is 9.53 Å². The van der Waals surface area contributed by atoms with Crippen molar-refractivity contribution in [3.63, 3.8) is 0 Å². The van der Waals surface area contributed by atoms with Crippen LogP contribution in [0.4, 0.5) is 0 Å². The summed E-state index contributed by atoms with van der Waals surface area (Å²) >= 11 is 0. The van der Waals surface area contributed by atoms with Crippen LogP contribution in [0.25, 0.3) is 11.0 Å². The number of imidazole rings is 1. The van der Waals surface area contributed by atoms with Crippen molar-refractivity contribution in [1.29, 1.82) is 0 Å². The van der Waals surface area contributed by atoms with Gasteiger partial charge in [0.15, 0.2) is 0 Å². The van der Waals surface area contributed by atoms with Crippen molar-refractivity contribution in [3.05, 3.63) is 30.1 Å². The fraction of sp³-hybridized carbons (Fsp3) is 0.438. The lowest BCUT2D eigenvalue weighted by Crippen LogP contribution is -2.42. The van der Waals surface area contributed by atoms with Gasteiger partial charge in [0.2, 0.25) is 0 Å². The van der Waals surface area contributed by atoms with Gasteiger partial charge in [-0.3, -0.25) is 9.59 Å². The number of likely N-dealkylation sites (tertiary alicyclic amines) is 1. The second kappa shape index (κ2) is 6.17. The van der Waals surface area contributed by atoms with Gasteiger partial charge in [-0.15, -0.1) is 0 Å². The van der Waals surface area contributed by atoms with Crippen molar-refractivity contribution in [2.45, 2.75) is 19.8 Å². The van der Waals surface area contributed by atoms with Gasteiger partial charge in [0.25, 0.3) is 5.91 Å². The van der Waals surface area contributed by atoms with E-state index in [1.807, 2.05) is 6.07 Å². The van der Waals surface area contributed by atoms with E-state index in [0.717, 1.165) is 23.9 Å². The first-order valence-electron chi connectivity index (χ1n) is 7.58. The molecule has 6 nitrogen and oxygen atoms in total. The molecule has 0 bridgehead atoms. The smallest absolute Gasteiger partial charge is 0.310 e. The highest BCUT2D eigenvalue weighted by Crippen LogP contribution is 2.21. The Bertz CT molecular complexity index is 695. The standard InChI is InChI=1S/C16H19N3O3/c1-2-22-16(21)12-4-3-7-19(9-12)15(20)11-5-6-13-14(8-11)18-10-17-13/h5-6,8,10,12H,2-4,7,9H2,1H3,(H,17,18). The summed E-state index contributed by atoms with van der Waals surface area (Å²) in [6.45, 7) is 3.28. The highest BCUT2D eigenvalue weighted by molar-refractivity contribution is 5.97. The summed E-state index contributed by atoms with van der Waals surface area (Å²) in [6, 6.07) is 5.41. The zero-order valence-corrected chi connectivity index (χ0v) is 12.5. The number of hydrogen-bond donors (Lipinski definition) is 1. The minimum atomic E-state index is -0.214. The van der Waals surface area contributed by atoms with Gasteiger partial charge in [-0.25, -0.2) is 4.98 Å². The average molecular weight is 301 g/mol. The third-order valence-corrected chi connectivity index (χ3v) is 4.00. The molecule has 1 aromatic carbocycles. The molecule has 2 heterocycles. The molecule has 1 saturated heterocycles. The Morgan fingerprint density at radius 3 is 3.14 bits per heavy atom. The van der Waals surface area contributed by atoms with E-state index in [1.54, 1.807) is 30.3 Å². The minimum Gasteiger partial charge on any atom is -0.466 e. The molecule has 1 amide bonds. The maximum absolute atomic E-state index is 12.6. The van der Waals surface area contributed by atoms with Crippen molar-refractivity contribution in [1.82, 2.24) is 14.9 Å². The van der Waals surface area contributed by atoms with E-state index in [2.05, 4.69) is 9.97 Å². The lowest BCUT2D eigenvalue weighted by molar-refractivity contribution is -0.149. The topological polar surface area (TPSA) is 75.3 Å². The number of piperidine rings is 1. The van der Waals surface area contributed by atoms with Crippen LogP contribution in [-0.4, -0.2) is 46.4 Å². The number of benzene rings is 1. The van der Waals surface area contributed by atoms with E-state index in [9.17, 15) is 9.59 Å². The molecule has 1 aliphatic rings. The number of esters is 1. The molecule has 1 aromatic heterocycles. The third kappa shape index (κ3) is 2.81. The van der Waals surface area contributed by atoms with E-state index >= 15 is 0 Å². The SMILES string of the molecule is CCOC(=O)C1CCCN(C(=O)c2ccc3nc[nH]c3c2)C1. The summed E-state index contributed by atoms with van der Waals surface area (Å²) in [6.07, 6.45) is 3.21. The molecule has 22 heavy (non-hydrogen) atoms. The number of carbonyl (C=O) groups is 2. The van der Waals surface area contributed by atoms with Crippen molar-refractivity contribution >= 4 is 22.9 Å². The molecular weight excluding hydrogens is 282 g/mol. The molecule has 6 heteroatoms. The monoisotopic (exact) mass is 301 g/mol. The first-order chi connectivity index (χ1) is 10.7. The lowest BCUT2D eigenvalue weighted by atomic mass is 9.97. The van der Waals surface area contributed by atoms with Gasteiger partial charge in [0.1, 0.15) is 0 Å². The molecule has 2 aromatic rings. The first-order valence-corrected chi connectivity index (χ1v) is 7.58. The molecule has 3 rings (SSSR count). The largest absolute Gasteiger partial charge is 0.466 e. The molecular formula is C16H19N3O3. The van der Waals surface area contributed by atoms with E-state index < -0.39 is 0 Å². The summed E-state index contributed by atoms with van der Waals surface area (Å²) in [7, 11) is 0. The van der Waals surface area contributed by atoms with Gasteiger partial charge in [0, 0.05) is 18.7 Å². The molecule has 1 N–H and O–H groups in total. The number of amides is 1. The highest BCUT2D eigenvalue weighted by Gasteiger charge is 2.29. The van der Waals surface area contributed by atoms with Crippen LogP contribution in [0.15, 0.2) is 24.5 Å². The van der Waals surface area contributed by atoms with Crippen LogP contribution >= 0.6 is 0 Å². The summed E-state index contributed by atoms with van der Waals surface area (Å²) in [5.74, 6) is -0.469. The highest BCUT2D eigenvalue weighted by atomic mass is 16.5. The van der Waals surface area contributed by atoms with Crippen molar-refractivity contribution in [3.8, 4) is 0 Å². The predicted octanol–water partition coefficient (Wildman–Crippen LogP) is 1.98. The van der Waals surface area contributed by atoms with Gasteiger partial charge in [0.05, 0.1) is 29.9 Å². The first kappa shape index (κ1) is 14.6. The summed E-state index contributed by atoms with van der Waals surface area (Å²) in [5, 5.41) is 0. The lowest BCUT2D eigenvalue weighted by Gasteiger charge is -2.31. The Labute approximate surface area is 128 Å². The number of nitrogens with one attached hydrogen (secondary N) is 1. The number of aromatic nitrogens is 2. The van der Waals surface area contributed by atoms with Gasteiger partial charge in [-0.05, 0) is 38.0 Å². The molecule has 1 unspecified atom stereocenters. The number of H-pyrrole nitrogens is 1. The fourth-order valence-electron chi connectivity index (χ4n) is 2.87. The van der Waals surface area contributed by atoms with Gasteiger partial charge >= 0.3 is 5.97 Å². The molecule has 0 saturated carbocycles. The number of ether oxygens (including phenoxy) is 1. The average Bonchev–Trinajstić information content (AvgIpc) is 3.02. The number of carbonyl (C=O) groups excluding carboxylic acids is 2. The maximum atomic E-state index is 12.6. The predicted molar refractivity (Wildman–Crippen MR) is 81.4 cm³/mol. The summed E-state index contributed by atoms with van der Waals surface area (Å²) in [4.78, 5) is 33.4. The second-order valence-corrected chi connectivity index (χ2v) is 5.48. The fourth-order valence-corrected chi connectivity index (χ4v) is 2.87. The van der Waals surface area contributed by atoms with Crippen LogP contribution in [0.5, 0.6) is 0 Å². The Hall–Kier alpha value is -2.37. The van der Waals surface area contributed by atoms with Crippen molar-refractivity contribution in [2.75, 3.05) is 19.7 Å². The van der Waals surface area contributed by atoms with Crippen molar-refractivity contribution in [2.24, 2.45) is 5.92 Å². The van der Waals surface area contributed by atoms with E-state index in [-0.39, 0.29) is 17.8 Å². The molecule has 0 radical (unpaired) electrons. The van der Waals surface area contributed by atoms with Crippen molar-refractivity contribution < 1.29 is 14.3 Å². The minimum absolute atomic E-state index is 0.0505. The molecule has 1 aliphatic heterocycles. The molecule has 116 valence electrons. The van der Waals surface area contributed by atoms with Crippen LogP contribution in [0.1, 0.15) is 30.1 Å². The van der Waals surface area contributed by atoms with Crippen LogP contribution in [0.2, 0.25) is 0 Å². The van der Waals surface area contributed by atoms with E-state index in [1.165, 1.54) is 0 Å². The quantitative estimate of drug-likeness (QED) is 0.880. The van der Waals surface area contributed by atoms with Crippen LogP contribution < -0.4 is 0 Å². The Morgan fingerprint density at radius 1 is 1.45 bits per heavy atom.